The van der Waals surface area contributed by atoms with Gasteiger partial charge in [-0.25, -0.2) is 9.78 Å². The monoisotopic (exact) mass is 442 g/mol. The van der Waals surface area contributed by atoms with E-state index in [-0.39, 0.29) is 23.8 Å². The molecule has 1 aliphatic rings. The first-order valence-electron chi connectivity index (χ1n) is 9.62. The molecule has 8 nitrogen and oxygen atoms in total. The van der Waals surface area contributed by atoms with E-state index in [9.17, 15) is 9.59 Å². The maximum absolute atomic E-state index is 12.5. The normalized spacial score (nSPS) is 14.5. The molecule has 2 N–H and O–H groups in total. The molecular formula is C20H22N6O2S2. The molecule has 0 unspecified atom stereocenters. The number of rotatable bonds is 6. The molecule has 0 aliphatic carbocycles. The van der Waals surface area contributed by atoms with Crippen LogP contribution in [0.25, 0.3) is 0 Å². The van der Waals surface area contributed by atoms with Gasteiger partial charge in [-0.1, -0.05) is 41.7 Å². The Kier molecular flexibility index (Phi) is 5.78. The topological polar surface area (TPSA) is 100 Å². The van der Waals surface area contributed by atoms with Crippen LogP contribution in [-0.4, -0.2) is 40.2 Å². The lowest BCUT2D eigenvalue weighted by Crippen LogP contribution is -2.46. The summed E-state index contributed by atoms with van der Waals surface area (Å²) < 4.78 is 0. The Morgan fingerprint density at radius 3 is 2.83 bits per heavy atom. The van der Waals surface area contributed by atoms with E-state index >= 15 is 0 Å². The summed E-state index contributed by atoms with van der Waals surface area (Å²) in [7, 11) is 0. The van der Waals surface area contributed by atoms with Crippen molar-refractivity contribution in [3.05, 3.63) is 52.0 Å². The average Bonchev–Trinajstić information content (AvgIpc) is 3.39. The zero-order valence-electron chi connectivity index (χ0n) is 16.7. The highest BCUT2D eigenvalue weighted by atomic mass is 32.1. The Morgan fingerprint density at radius 1 is 1.27 bits per heavy atom. The number of amides is 3. The van der Waals surface area contributed by atoms with Crippen LogP contribution in [0.3, 0.4) is 0 Å². The van der Waals surface area contributed by atoms with Crippen LogP contribution in [0.1, 0.15) is 36.5 Å². The fraction of sp³-hybridized carbons (Fsp3) is 0.350. The maximum Gasteiger partial charge on any atom is 0.323 e. The Balaban J connectivity index is 1.39. The SMILES string of the molecule is CC(C)(c1ccccc1)c1nnc(NC(=O)Cc2csc(N3CCCNC3=O)n2)s1. The summed E-state index contributed by atoms with van der Waals surface area (Å²) in [5, 5.41) is 17.7. The summed E-state index contributed by atoms with van der Waals surface area (Å²) in [6.45, 7) is 5.49. The number of carbonyl (C=O) groups is 2. The van der Waals surface area contributed by atoms with Crippen LogP contribution >= 0.6 is 22.7 Å². The minimum absolute atomic E-state index is 0.114. The third-order valence-corrected chi connectivity index (χ3v) is 6.97. The van der Waals surface area contributed by atoms with Crippen molar-refractivity contribution in [3.8, 4) is 0 Å². The first-order valence-corrected chi connectivity index (χ1v) is 11.3. The van der Waals surface area contributed by atoms with E-state index in [0.717, 1.165) is 17.0 Å². The van der Waals surface area contributed by atoms with Crippen molar-refractivity contribution in [2.24, 2.45) is 0 Å². The van der Waals surface area contributed by atoms with E-state index < -0.39 is 0 Å². The fourth-order valence-corrected chi connectivity index (χ4v) is 4.88. The van der Waals surface area contributed by atoms with Gasteiger partial charge >= 0.3 is 6.03 Å². The molecule has 3 aromatic rings. The molecule has 30 heavy (non-hydrogen) atoms. The Morgan fingerprint density at radius 2 is 2.07 bits per heavy atom. The summed E-state index contributed by atoms with van der Waals surface area (Å²) in [5.41, 5.74) is 1.46. The first-order chi connectivity index (χ1) is 14.4. The molecule has 1 aliphatic heterocycles. The van der Waals surface area contributed by atoms with Crippen molar-refractivity contribution in [3.63, 3.8) is 0 Å². The average molecular weight is 443 g/mol. The third kappa shape index (κ3) is 4.34. The molecule has 2 aromatic heterocycles. The van der Waals surface area contributed by atoms with E-state index in [4.69, 9.17) is 0 Å². The molecule has 0 radical (unpaired) electrons. The molecule has 0 spiro atoms. The molecule has 0 atom stereocenters. The second-order valence-electron chi connectivity index (χ2n) is 7.49. The number of benzene rings is 1. The third-order valence-electron chi connectivity index (χ3n) is 4.89. The summed E-state index contributed by atoms with van der Waals surface area (Å²) >= 11 is 2.73. The van der Waals surface area contributed by atoms with Crippen LogP contribution in [0.5, 0.6) is 0 Å². The van der Waals surface area contributed by atoms with Crippen molar-refractivity contribution in [1.29, 1.82) is 0 Å². The highest BCUT2D eigenvalue weighted by Gasteiger charge is 2.28. The number of anilines is 2. The molecular weight excluding hydrogens is 420 g/mol. The van der Waals surface area contributed by atoms with Gasteiger partial charge in [-0.2, -0.15) is 0 Å². The number of nitrogens with zero attached hydrogens (tertiary/aromatic N) is 4. The van der Waals surface area contributed by atoms with Crippen molar-refractivity contribution in [2.75, 3.05) is 23.3 Å². The van der Waals surface area contributed by atoms with Crippen molar-refractivity contribution in [2.45, 2.75) is 32.1 Å². The van der Waals surface area contributed by atoms with Crippen LogP contribution in [0.15, 0.2) is 35.7 Å². The molecule has 0 bridgehead atoms. The number of urea groups is 1. The lowest BCUT2D eigenvalue weighted by atomic mass is 9.85. The number of nitrogens with one attached hydrogen (secondary N) is 2. The number of hydrogen-bond donors (Lipinski definition) is 2. The number of thiazole rings is 1. The van der Waals surface area contributed by atoms with E-state index in [1.807, 2.05) is 18.2 Å². The van der Waals surface area contributed by atoms with Crippen LogP contribution in [0.4, 0.5) is 15.1 Å². The van der Waals surface area contributed by atoms with Gasteiger partial charge in [0.1, 0.15) is 5.01 Å². The second-order valence-corrected chi connectivity index (χ2v) is 9.30. The van der Waals surface area contributed by atoms with Crippen LogP contribution in [-0.2, 0) is 16.6 Å². The van der Waals surface area contributed by atoms with Gasteiger partial charge in [-0.15, -0.1) is 21.5 Å². The van der Waals surface area contributed by atoms with E-state index in [1.165, 1.54) is 22.7 Å². The van der Waals surface area contributed by atoms with Gasteiger partial charge in [0.25, 0.3) is 0 Å². The molecule has 3 heterocycles. The van der Waals surface area contributed by atoms with E-state index in [1.54, 1.807) is 10.3 Å². The second kappa shape index (κ2) is 8.49. The summed E-state index contributed by atoms with van der Waals surface area (Å²) in [4.78, 5) is 30.5. The van der Waals surface area contributed by atoms with Gasteiger partial charge in [-0.3, -0.25) is 9.69 Å². The zero-order valence-corrected chi connectivity index (χ0v) is 18.3. The quantitative estimate of drug-likeness (QED) is 0.609. The molecule has 1 saturated heterocycles. The number of hydrogen-bond acceptors (Lipinski definition) is 7. The lowest BCUT2D eigenvalue weighted by molar-refractivity contribution is -0.115. The standard InChI is InChI=1S/C20H22N6O2S2/c1-20(2,13-7-4-3-5-8-13)16-24-25-17(30-16)23-15(27)11-14-12-29-19(22-14)26-10-6-9-21-18(26)28/h3-5,7-8,12H,6,9-11H2,1-2H3,(H,21,28)(H,23,25,27). The summed E-state index contributed by atoms with van der Waals surface area (Å²) in [6, 6.07) is 9.94. The van der Waals surface area contributed by atoms with E-state index in [2.05, 4.69) is 51.8 Å². The molecule has 1 fully saturated rings. The van der Waals surface area contributed by atoms with Crippen molar-refractivity contribution in [1.82, 2.24) is 20.5 Å². The highest BCUT2D eigenvalue weighted by Crippen LogP contribution is 2.34. The van der Waals surface area contributed by atoms with Crippen molar-refractivity contribution < 1.29 is 9.59 Å². The smallest absolute Gasteiger partial charge is 0.323 e. The van der Waals surface area contributed by atoms with Crippen LogP contribution < -0.4 is 15.5 Å². The summed E-state index contributed by atoms with van der Waals surface area (Å²) in [6.07, 6.45) is 0.989. The molecule has 156 valence electrons. The molecule has 1 aromatic carbocycles. The van der Waals surface area contributed by atoms with Gasteiger partial charge in [0.05, 0.1) is 12.1 Å². The molecule has 3 amide bonds. The zero-order chi connectivity index (χ0) is 21.1. The lowest BCUT2D eigenvalue weighted by Gasteiger charge is -2.24. The van der Waals surface area contributed by atoms with Gasteiger partial charge in [0, 0.05) is 23.9 Å². The largest absolute Gasteiger partial charge is 0.338 e. The van der Waals surface area contributed by atoms with Crippen molar-refractivity contribution >= 4 is 44.9 Å². The van der Waals surface area contributed by atoms with E-state index in [0.29, 0.717) is 29.0 Å². The Labute approximate surface area is 182 Å². The van der Waals surface area contributed by atoms with Crippen LogP contribution in [0.2, 0.25) is 0 Å². The predicted octanol–water partition coefficient (Wildman–Crippen LogP) is 3.42. The number of aromatic nitrogens is 3. The maximum atomic E-state index is 12.5. The first kappa shape index (κ1) is 20.4. The van der Waals surface area contributed by atoms with Gasteiger partial charge in [-0.05, 0) is 25.8 Å². The Hall–Kier alpha value is -2.85. The molecule has 4 rings (SSSR count). The fourth-order valence-electron chi connectivity index (χ4n) is 3.15. The number of carbonyl (C=O) groups excluding carboxylic acids is 2. The summed E-state index contributed by atoms with van der Waals surface area (Å²) in [5.74, 6) is -0.213. The molecule has 10 heteroatoms. The predicted molar refractivity (Wildman–Crippen MR) is 118 cm³/mol. The van der Waals surface area contributed by atoms with Gasteiger partial charge in [0.15, 0.2) is 5.13 Å². The Bertz CT molecular complexity index is 1050. The minimum atomic E-state index is -0.305. The molecule has 0 saturated carbocycles. The highest BCUT2D eigenvalue weighted by molar-refractivity contribution is 7.15. The van der Waals surface area contributed by atoms with Gasteiger partial charge in [0.2, 0.25) is 11.0 Å². The van der Waals surface area contributed by atoms with Gasteiger partial charge < -0.3 is 10.6 Å². The van der Waals surface area contributed by atoms with Crippen LogP contribution in [0, 0.1) is 0 Å². The minimum Gasteiger partial charge on any atom is -0.338 e.